The topological polar surface area (TPSA) is 75.7 Å². The van der Waals surface area contributed by atoms with Crippen LogP contribution in [0.25, 0.3) is 0 Å². The van der Waals surface area contributed by atoms with Crippen LogP contribution in [0.5, 0.6) is 0 Å². The molecule has 27 heavy (non-hydrogen) atoms. The number of rotatable bonds is 4. The molecule has 1 aromatic carbocycles. The van der Waals surface area contributed by atoms with Gasteiger partial charge in [-0.1, -0.05) is 12.1 Å². The number of H-pyrrole nitrogens is 1. The lowest BCUT2D eigenvalue weighted by molar-refractivity contribution is 0.145. The monoisotopic (exact) mass is 365 g/mol. The molecule has 5 rings (SSSR count). The maximum atomic E-state index is 9.68. The molecular formula is C21H27N5O. The van der Waals surface area contributed by atoms with Gasteiger partial charge in [-0.05, 0) is 49.4 Å². The molecule has 1 aliphatic carbocycles. The van der Waals surface area contributed by atoms with Crippen LogP contribution in [0.1, 0.15) is 36.9 Å². The van der Waals surface area contributed by atoms with Crippen LogP contribution in [0.15, 0.2) is 41.5 Å². The van der Waals surface area contributed by atoms with Crippen LogP contribution in [-0.4, -0.2) is 47.3 Å². The smallest absolute Gasteiger partial charge is 0.149 e. The largest absolute Gasteiger partial charge is 0.393 e. The molecule has 0 bridgehead atoms. The van der Waals surface area contributed by atoms with Crippen molar-refractivity contribution in [1.82, 2.24) is 10.3 Å². The summed E-state index contributed by atoms with van der Waals surface area (Å²) < 4.78 is 0. The van der Waals surface area contributed by atoms with Gasteiger partial charge in [0.05, 0.1) is 11.8 Å². The Morgan fingerprint density at radius 3 is 2.59 bits per heavy atom. The molecule has 1 aromatic heterocycles. The Morgan fingerprint density at radius 2 is 1.85 bits per heavy atom. The summed E-state index contributed by atoms with van der Waals surface area (Å²) in [4.78, 5) is 10.6. The zero-order chi connectivity index (χ0) is 18.2. The van der Waals surface area contributed by atoms with Crippen molar-refractivity contribution in [3.05, 3.63) is 47.8 Å². The number of aliphatic hydroxyl groups excluding tert-OH is 1. The van der Waals surface area contributed by atoms with Crippen molar-refractivity contribution in [1.29, 1.82) is 0 Å². The van der Waals surface area contributed by atoms with Crippen molar-refractivity contribution in [2.45, 2.75) is 50.4 Å². The molecule has 6 nitrogen and oxygen atoms in total. The molecule has 0 spiro atoms. The van der Waals surface area contributed by atoms with Crippen molar-refractivity contribution < 1.29 is 5.11 Å². The van der Waals surface area contributed by atoms with Crippen molar-refractivity contribution in [3.63, 3.8) is 0 Å². The Bertz CT molecular complexity index is 815. The number of aromatic nitrogens is 1. The molecule has 3 heterocycles. The fourth-order valence-electron chi connectivity index (χ4n) is 3.94. The summed E-state index contributed by atoms with van der Waals surface area (Å²) in [5, 5.41) is 16.8. The molecule has 6 heteroatoms. The predicted octanol–water partition coefficient (Wildman–Crippen LogP) is 2.47. The van der Waals surface area contributed by atoms with E-state index in [9.17, 15) is 5.11 Å². The maximum Gasteiger partial charge on any atom is 0.149 e. The molecule has 4 N–H and O–H groups in total. The number of aliphatic imine (C=N–C) groups is 1. The van der Waals surface area contributed by atoms with Gasteiger partial charge in [0.1, 0.15) is 17.7 Å². The van der Waals surface area contributed by atoms with Crippen LogP contribution in [0, 0.1) is 0 Å². The number of aliphatic hydroxyl groups is 1. The highest BCUT2D eigenvalue weighted by atomic mass is 16.3. The number of piperidine rings is 1. The number of amidine groups is 1. The van der Waals surface area contributed by atoms with E-state index < -0.39 is 0 Å². The van der Waals surface area contributed by atoms with Gasteiger partial charge in [0, 0.05) is 37.4 Å². The first kappa shape index (κ1) is 16.7. The number of nitrogens with one attached hydrogen (secondary N) is 3. The summed E-state index contributed by atoms with van der Waals surface area (Å²) in [7, 11) is 0. The standard InChI is InChI=1S/C21H27N5O/c27-17-8-11-26(12-9-17)16-5-1-14(2-6-16)13-19-24-18-7-10-22-20(18)21(25-19)23-15-3-4-15/h1-2,5-7,10,15,17,19,22,24,27H,3-4,8-9,11-13H2,(H,23,25). The van der Waals surface area contributed by atoms with E-state index in [1.807, 2.05) is 6.20 Å². The number of anilines is 2. The lowest BCUT2D eigenvalue weighted by atomic mass is 10.1. The Hall–Kier alpha value is -2.47. The first-order chi connectivity index (χ1) is 13.2. The Balaban J connectivity index is 1.27. The van der Waals surface area contributed by atoms with E-state index >= 15 is 0 Å². The Morgan fingerprint density at radius 1 is 1.07 bits per heavy atom. The van der Waals surface area contributed by atoms with Crippen molar-refractivity contribution >= 4 is 17.2 Å². The van der Waals surface area contributed by atoms with Gasteiger partial charge < -0.3 is 25.6 Å². The van der Waals surface area contributed by atoms with Crippen LogP contribution in [0.3, 0.4) is 0 Å². The average Bonchev–Trinajstić information content (AvgIpc) is 3.37. The molecule has 0 radical (unpaired) electrons. The van der Waals surface area contributed by atoms with Crippen LogP contribution in [0.4, 0.5) is 11.4 Å². The summed E-state index contributed by atoms with van der Waals surface area (Å²) in [5.41, 5.74) is 4.72. The average molecular weight is 365 g/mol. The zero-order valence-electron chi connectivity index (χ0n) is 15.5. The summed E-state index contributed by atoms with van der Waals surface area (Å²) in [6.07, 6.45) is 6.94. The zero-order valence-corrected chi connectivity index (χ0v) is 15.5. The van der Waals surface area contributed by atoms with Crippen LogP contribution in [-0.2, 0) is 6.42 Å². The lowest BCUT2D eigenvalue weighted by Crippen LogP contribution is -2.36. The summed E-state index contributed by atoms with van der Waals surface area (Å²) in [6, 6.07) is 11.5. The molecule has 0 amide bonds. The van der Waals surface area contributed by atoms with E-state index in [0.717, 1.165) is 49.6 Å². The van der Waals surface area contributed by atoms with E-state index in [2.05, 4.69) is 50.8 Å². The number of hydrogen-bond donors (Lipinski definition) is 4. The maximum absolute atomic E-state index is 9.68. The number of benzene rings is 1. The minimum absolute atomic E-state index is 0.0468. The van der Waals surface area contributed by atoms with E-state index in [-0.39, 0.29) is 12.3 Å². The van der Waals surface area contributed by atoms with Gasteiger partial charge in [0.15, 0.2) is 0 Å². The van der Waals surface area contributed by atoms with Crippen LogP contribution >= 0.6 is 0 Å². The van der Waals surface area contributed by atoms with Gasteiger partial charge in [-0.2, -0.15) is 0 Å². The Labute approximate surface area is 159 Å². The fraction of sp³-hybridized carbons (Fsp3) is 0.476. The van der Waals surface area contributed by atoms with Crippen molar-refractivity contribution in [3.8, 4) is 0 Å². The highest BCUT2D eigenvalue weighted by molar-refractivity contribution is 6.03. The predicted molar refractivity (Wildman–Crippen MR) is 108 cm³/mol. The minimum atomic E-state index is -0.132. The van der Waals surface area contributed by atoms with Crippen molar-refractivity contribution in [2.24, 2.45) is 4.99 Å². The first-order valence-electron chi connectivity index (χ1n) is 10.1. The number of nitrogens with zero attached hydrogens (tertiary/aromatic N) is 2. The molecule has 3 aliphatic rings. The molecule has 1 unspecified atom stereocenters. The van der Waals surface area contributed by atoms with E-state index in [1.54, 1.807) is 0 Å². The minimum Gasteiger partial charge on any atom is -0.393 e. The third-order valence-electron chi connectivity index (χ3n) is 5.70. The second-order valence-electron chi connectivity index (χ2n) is 7.91. The van der Waals surface area contributed by atoms with Gasteiger partial charge in [0.25, 0.3) is 0 Å². The van der Waals surface area contributed by atoms with Gasteiger partial charge in [-0.15, -0.1) is 0 Å². The van der Waals surface area contributed by atoms with E-state index in [4.69, 9.17) is 4.99 Å². The molecule has 1 saturated carbocycles. The molecule has 142 valence electrons. The normalized spacial score (nSPS) is 22.8. The lowest BCUT2D eigenvalue weighted by Gasteiger charge is -2.31. The molecule has 2 fully saturated rings. The second kappa shape index (κ2) is 6.93. The SMILES string of the molecule is OC1CCN(c2ccc(CC3N=C(NC4CC4)c4[nH]ccc4N3)cc2)CC1. The Kier molecular flexibility index (Phi) is 4.28. The van der Waals surface area contributed by atoms with Gasteiger partial charge in [-0.25, -0.2) is 4.99 Å². The fourth-order valence-corrected chi connectivity index (χ4v) is 3.94. The molecule has 1 saturated heterocycles. The summed E-state index contributed by atoms with van der Waals surface area (Å²) >= 11 is 0. The van der Waals surface area contributed by atoms with E-state index in [0.29, 0.717) is 6.04 Å². The van der Waals surface area contributed by atoms with Crippen molar-refractivity contribution in [2.75, 3.05) is 23.3 Å². The molecule has 1 atom stereocenters. The van der Waals surface area contributed by atoms with Crippen LogP contribution in [0.2, 0.25) is 0 Å². The highest BCUT2D eigenvalue weighted by Gasteiger charge is 2.27. The van der Waals surface area contributed by atoms with E-state index in [1.165, 1.54) is 24.1 Å². The number of fused-ring (bicyclic) bond motifs is 1. The summed E-state index contributed by atoms with van der Waals surface area (Å²) in [6.45, 7) is 1.86. The van der Waals surface area contributed by atoms with Gasteiger partial charge >= 0.3 is 0 Å². The highest BCUT2D eigenvalue weighted by Crippen LogP contribution is 2.26. The molecule has 2 aliphatic heterocycles. The quantitative estimate of drug-likeness (QED) is 0.671. The van der Waals surface area contributed by atoms with Gasteiger partial charge in [-0.3, -0.25) is 0 Å². The summed E-state index contributed by atoms with van der Waals surface area (Å²) in [5.74, 6) is 0.991. The number of aromatic amines is 1. The molecular weight excluding hydrogens is 338 g/mol. The molecule has 2 aromatic rings. The van der Waals surface area contributed by atoms with Gasteiger partial charge in [0.2, 0.25) is 0 Å². The van der Waals surface area contributed by atoms with Crippen LogP contribution < -0.4 is 15.5 Å². The first-order valence-corrected chi connectivity index (χ1v) is 10.1. The third kappa shape index (κ3) is 3.67. The second-order valence-corrected chi connectivity index (χ2v) is 7.91. The third-order valence-corrected chi connectivity index (χ3v) is 5.70. The number of hydrogen-bond acceptors (Lipinski definition) is 5.